The van der Waals surface area contributed by atoms with Crippen molar-refractivity contribution >= 4 is 11.8 Å². The minimum Gasteiger partial charge on any atom is -0.493 e. The van der Waals surface area contributed by atoms with E-state index in [9.17, 15) is 9.59 Å². The Hall–Kier alpha value is -2.82. The second-order valence-corrected chi connectivity index (χ2v) is 4.49. The molecule has 0 aliphatic carbocycles. The number of ketones is 1. The fourth-order valence-corrected chi connectivity index (χ4v) is 2.02. The van der Waals surface area contributed by atoms with Crippen molar-refractivity contribution in [3.63, 3.8) is 0 Å². The molecule has 2 aromatic rings. The Kier molecular flexibility index (Phi) is 4.78. The van der Waals surface area contributed by atoms with E-state index in [1.165, 1.54) is 33.3 Å². The van der Waals surface area contributed by atoms with Crippen molar-refractivity contribution in [3.05, 3.63) is 53.6 Å². The number of hydrogen-bond acceptors (Lipinski definition) is 5. The molecule has 0 fully saturated rings. The molecule has 0 aliphatic heterocycles. The first-order valence-electron chi connectivity index (χ1n) is 6.61. The number of hydrogen-bond donors (Lipinski definition) is 0. The van der Waals surface area contributed by atoms with Crippen molar-refractivity contribution in [2.45, 2.75) is 6.92 Å². The lowest BCUT2D eigenvalue weighted by Crippen LogP contribution is -2.09. The number of esters is 1. The standard InChI is InChI=1S/C17H16O5/c1-11(18)22-14-10-16(21-3)15(20-2)9-13(14)17(19)12-7-5-4-6-8-12/h4-10H,1-3H3. The zero-order valence-corrected chi connectivity index (χ0v) is 12.6. The van der Waals surface area contributed by atoms with Gasteiger partial charge in [0.1, 0.15) is 5.75 Å². The monoisotopic (exact) mass is 300 g/mol. The molecule has 0 aromatic heterocycles. The molecular weight excluding hydrogens is 284 g/mol. The molecule has 114 valence electrons. The van der Waals surface area contributed by atoms with E-state index in [4.69, 9.17) is 14.2 Å². The van der Waals surface area contributed by atoms with Gasteiger partial charge in [0.2, 0.25) is 0 Å². The van der Waals surface area contributed by atoms with Gasteiger partial charge in [-0.1, -0.05) is 30.3 Å². The lowest BCUT2D eigenvalue weighted by molar-refractivity contribution is -0.131. The highest BCUT2D eigenvalue weighted by molar-refractivity contribution is 6.11. The highest BCUT2D eigenvalue weighted by Gasteiger charge is 2.20. The van der Waals surface area contributed by atoms with Crippen LogP contribution < -0.4 is 14.2 Å². The second-order valence-electron chi connectivity index (χ2n) is 4.49. The van der Waals surface area contributed by atoms with Crippen LogP contribution in [0.4, 0.5) is 0 Å². The minimum absolute atomic E-state index is 0.138. The second kappa shape index (κ2) is 6.76. The predicted molar refractivity (Wildman–Crippen MR) is 80.7 cm³/mol. The summed E-state index contributed by atoms with van der Waals surface area (Å²) in [6, 6.07) is 11.7. The quantitative estimate of drug-likeness (QED) is 0.483. The molecule has 0 spiro atoms. The van der Waals surface area contributed by atoms with Crippen LogP contribution >= 0.6 is 0 Å². The molecule has 5 heteroatoms. The topological polar surface area (TPSA) is 61.8 Å². The van der Waals surface area contributed by atoms with Crippen LogP contribution in [-0.2, 0) is 4.79 Å². The molecule has 0 N–H and O–H groups in total. The zero-order chi connectivity index (χ0) is 16.1. The third kappa shape index (κ3) is 3.25. The van der Waals surface area contributed by atoms with E-state index in [-0.39, 0.29) is 17.1 Å². The Balaban J connectivity index is 2.56. The van der Waals surface area contributed by atoms with Crippen LogP contribution in [0.1, 0.15) is 22.8 Å². The summed E-state index contributed by atoms with van der Waals surface area (Å²) in [5.41, 5.74) is 0.724. The van der Waals surface area contributed by atoms with Crippen LogP contribution in [0.3, 0.4) is 0 Å². The summed E-state index contributed by atoms with van der Waals surface area (Å²) in [6.07, 6.45) is 0. The SMILES string of the molecule is COc1cc(OC(C)=O)c(C(=O)c2ccccc2)cc1OC. The van der Waals surface area contributed by atoms with E-state index in [0.717, 1.165) is 0 Å². The molecule has 2 aromatic carbocycles. The van der Waals surface area contributed by atoms with Gasteiger partial charge in [0.15, 0.2) is 17.3 Å². The Labute approximate surface area is 128 Å². The van der Waals surface area contributed by atoms with Crippen molar-refractivity contribution in [2.24, 2.45) is 0 Å². The van der Waals surface area contributed by atoms with Gasteiger partial charge in [0.25, 0.3) is 0 Å². The third-order valence-electron chi connectivity index (χ3n) is 3.02. The van der Waals surface area contributed by atoms with Crippen LogP contribution in [0.25, 0.3) is 0 Å². The number of ether oxygens (including phenoxy) is 3. The minimum atomic E-state index is -0.519. The normalized spacial score (nSPS) is 9.95. The van der Waals surface area contributed by atoms with Gasteiger partial charge in [-0.25, -0.2) is 0 Å². The van der Waals surface area contributed by atoms with E-state index in [1.807, 2.05) is 6.07 Å². The number of carbonyl (C=O) groups is 2. The van der Waals surface area contributed by atoms with Crippen molar-refractivity contribution in [1.29, 1.82) is 0 Å². The van der Waals surface area contributed by atoms with Crippen molar-refractivity contribution in [3.8, 4) is 17.2 Å². The fourth-order valence-electron chi connectivity index (χ4n) is 2.02. The molecule has 0 atom stereocenters. The highest BCUT2D eigenvalue weighted by atomic mass is 16.5. The Morgan fingerprint density at radius 1 is 0.864 bits per heavy atom. The summed E-state index contributed by atoms with van der Waals surface area (Å²) in [5.74, 6) is 0.118. The van der Waals surface area contributed by atoms with Crippen LogP contribution in [-0.4, -0.2) is 26.0 Å². The number of methoxy groups -OCH3 is 2. The summed E-state index contributed by atoms with van der Waals surface area (Å²) >= 11 is 0. The summed E-state index contributed by atoms with van der Waals surface area (Å²) in [4.78, 5) is 23.9. The van der Waals surface area contributed by atoms with E-state index < -0.39 is 5.97 Å². The van der Waals surface area contributed by atoms with Crippen molar-refractivity contribution in [1.82, 2.24) is 0 Å². The van der Waals surface area contributed by atoms with E-state index in [1.54, 1.807) is 24.3 Å². The maximum atomic E-state index is 12.6. The lowest BCUT2D eigenvalue weighted by atomic mass is 10.0. The molecule has 0 bridgehead atoms. The van der Waals surface area contributed by atoms with Crippen LogP contribution in [0.15, 0.2) is 42.5 Å². The first kappa shape index (κ1) is 15.6. The zero-order valence-electron chi connectivity index (χ0n) is 12.6. The molecule has 0 unspecified atom stereocenters. The summed E-state index contributed by atoms with van der Waals surface area (Å²) < 4.78 is 15.5. The molecule has 22 heavy (non-hydrogen) atoms. The van der Waals surface area contributed by atoms with Crippen LogP contribution in [0, 0.1) is 0 Å². The van der Waals surface area contributed by atoms with Gasteiger partial charge in [-0.2, -0.15) is 0 Å². The smallest absolute Gasteiger partial charge is 0.308 e. The first-order chi connectivity index (χ1) is 10.6. The summed E-state index contributed by atoms with van der Waals surface area (Å²) in [5, 5.41) is 0. The van der Waals surface area contributed by atoms with Gasteiger partial charge >= 0.3 is 5.97 Å². The molecule has 0 heterocycles. The molecule has 0 aliphatic rings. The summed E-state index contributed by atoms with van der Waals surface area (Å²) in [7, 11) is 2.94. The van der Waals surface area contributed by atoms with Crippen molar-refractivity contribution in [2.75, 3.05) is 14.2 Å². The molecule has 2 rings (SSSR count). The van der Waals surface area contributed by atoms with Gasteiger partial charge in [-0.3, -0.25) is 9.59 Å². The van der Waals surface area contributed by atoms with E-state index in [0.29, 0.717) is 17.1 Å². The molecule has 0 saturated carbocycles. The molecule has 0 amide bonds. The number of carbonyl (C=O) groups excluding carboxylic acids is 2. The van der Waals surface area contributed by atoms with Gasteiger partial charge in [0.05, 0.1) is 19.8 Å². The maximum absolute atomic E-state index is 12.6. The van der Waals surface area contributed by atoms with Gasteiger partial charge in [0, 0.05) is 18.6 Å². The number of benzene rings is 2. The van der Waals surface area contributed by atoms with E-state index >= 15 is 0 Å². The molecule has 0 radical (unpaired) electrons. The Morgan fingerprint density at radius 2 is 1.45 bits per heavy atom. The predicted octanol–water partition coefficient (Wildman–Crippen LogP) is 2.86. The molecular formula is C17H16O5. The van der Waals surface area contributed by atoms with Gasteiger partial charge < -0.3 is 14.2 Å². The average Bonchev–Trinajstić information content (AvgIpc) is 2.54. The number of rotatable bonds is 5. The van der Waals surface area contributed by atoms with Crippen LogP contribution in [0.2, 0.25) is 0 Å². The summed E-state index contributed by atoms with van der Waals surface area (Å²) in [6.45, 7) is 1.27. The average molecular weight is 300 g/mol. The van der Waals surface area contributed by atoms with E-state index in [2.05, 4.69) is 0 Å². The van der Waals surface area contributed by atoms with Gasteiger partial charge in [-0.05, 0) is 6.07 Å². The first-order valence-corrected chi connectivity index (χ1v) is 6.61. The van der Waals surface area contributed by atoms with Crippen molar-refractivity contribution < 1.29 is 23.8 Å². The maximum Gasteiger partial charge on any atom is 0.308 e. The molecule has 5 nitrogen and oxygen atoms in total. The molecule has 0 saturated heterocycles. The highest BCUT2D eigenvalue weighted by Crippen LogP contribution is 2.35. The Bertz CT molecular complexity index is 692. The Morgan fingerprint density at radius 3 is 2.00 bits per heavy atom. The largest absolute Gasteiger partial charge is 0.493 e. The lowest BCUT2D eigenvalue weighted by Gasteiger charge is -2.13. The fraction of sp³-hybridized carbons (Fsp3) is 0.176. The van der Waals surface area contributed by atoms with Gasteiger partial charge in [-0.15, -0.1) is 0 Å². The van der Waals surface area contributed by atoms with Crippen LogP contribution in [0.5, 0.6) is 17.2 Å². The third-order valence-corrected chi connectivity index (χ3v) is 3.02.